The SMILES string of the molecule is COCC(=O)Nc1cc(Oc2ccc(NC(=O)Nc3cc(O)nn3-c3ccc(C)cc3)c3[nH]ncc23)ccn1. The van der Waals surface area contributed by atoms with Gasteiger partial charge in [-0.05, 0) is 37.3 Å². The van der Waals surface area contributed by atoms with Gasteiger partial charge in [-0.3, -0.25) is 15.2 Å². The third-order valence-corrected chi connectivity index (χ3v) is 5.54. The van der Waals surface area contributed by atoms with Gasteiger partial charge in [0.2, 0.25) is 5.88 Å². The zero-order valence-corrected chi connectivity index (χ0v) is 20.9. The second-order valence-corrected chi connectivity index (χ2v) is 8.44. The van der Waals surface area contributed by atoms with Gasteiger partial charge >= 0.3 is 6.03 Å². The van der Waals surface area contributed by atoms with E-state index < -0.39 is 6.03 Å². The molecule has 5 N–H and O–H groups in total. The summed E-state index contributed by atoms with van der Waals surface area (Å²) >= 11 is 0. The molecule has 0 spiro atoms. The molecular formula is C26H24N8O5. The van der Waals surface area contributed by atoms with E-state index in [0.717, 1.165) is 5.56 Å². The molecule has 5 aromatic rings. The Balaban J connectivity index is 1.32. The minimum Gasteiger partial charge on any atom is -0.492 e. The zero-order chi connectivity index (χ0) is 27.4. The molecule has 39 heavy (non-hydrogen) atoms. The van der Waals surface area contributed by atoms with E-state index in [-0.39, 0.29) is 24.2 Å². The van der Waals surface area contributed by atoms with Gasteiger partial charge in [0.05, 0.1) is 28.5 Å². The molecule has 0 saturated heterocycles. The molecular weight excluding hydrogens is 504 g/mol. The predicted molar refractivity (Wildman–Crippen MR) is 144 cm³/mol. The van der Waals surface area contributed by atoms with Crippen molar-refractivity contribution in [1.82, 2.24) is 25.0 Å². The van der Waals surface area contributed by atoms with Crippen LogP contribution in [0.4, 0.5) is 22.1 Å². The number of rotatable bonds is 8. The largest absolute Gasteiger partial charge is 0.492 e. The first kappa shape index (κ1) is 25.2. The Morgan fingerprint density at radius 1 is 1.05 bits per heavy atom. The summed E-state index contributed by atoms with van der Waals surface area (Å²) in [6.45, 7) is 1.86. The molecule has 0 atom stereocenters. The fourth-order valence-corrected chi connectivity index (χ4v) is 3.79. The third kappa shape index (κ3) is 5.78. The maximum absolute atomic E-state index is 12.9. The third-order valence-electron chi connectivity index (χ3n) is 5.54. The van der Waals surface area contributed by atoms with Gasteiger partial charge in [-0.15, -0.1) is 5.10 Å². The molecule has 0 saturated carbocycles. The van der Waals surface area contributed by atoms with Crippen LogP contribution in [0.2, 0.25) is 0 Å². The minimum absolute atomic E-state index is 0.0973. The number of aromatic amines is 1. The smallest absolute Gasteiger partial charge is 0.324 e. The summed E-state index contributed by atoms with van der Waals surface area (Å²) in [6, 6.07) is 14.8. The normalized spacial score (nSPS) is 10.8. The van der Waals surface area contributed by atoms with Gasteiger partial charge in [0.15, 0.2) is 0 Å². The van der Waals surface area contributed by atoms with Crippen molar-refractivity contribution >= 4 is 40.2 Å². The number of fused-ring (bicyclic) bond motifs is 1. The van der Waals surface area contributed by atoms with Crippen molar-refractivity contribution < 1.29 is 24.2 Å². The number of benzene rings is 2. The van der Waals surface area contributed by atoms with Crippen LogP contribution in [0.15, 0.2) is 67.0 Å². The van der Waals surface area contributed by atoms with Gasteiger partial charge in [0.25, 0.3) is 5.91 Å². The van der Waals surface area contributed by atoms with Gasteiger partial charge in [0, 0.05) is 25.4 Å². The number of urea groups is 1. The number of ether oxygens (including phenoxy) is 2. The lowest BCUT2D eigenvalue weighted by atomic mass is 10.2. The van der Waals surface area contributed by atoms with E-state index in [2.05, 4.69) is 36.2 Å². The minimum atomic E-state index is -0.557. The molecule has 3 heterocycles. The zero-order valence-electron chi connectivity index (χ0n) is 20.9. The molecule has 0 fully saturated rings. The summed E-state index contributed by atoms with van der Waals surface area (Å²) in [4.78, 5) is 28.8. The van der Waals surface area contributed by atoms with E-state index in [9.17, 15) is 14.7 Å². The van der Waals surface area contributed by atoms with Crippen molar-refractivity contribution in [2.24, 2.45) is 0 Å². The topological polar surface area (TPSA) is 168 Å². The standard InChI is InChI=1S/C26H24N8O5/c1-15-3-5-16(6-4-15)34-22(12-23(35)33-34)31-26(37)29-19-7-8-20(18-13-28-32-25(18)19)39-17-9-10-27-21(11-17)30-24(36)14-38-2/h3-13H,14H2,1-2H3,(H,28,32)(H,33,35)(H,27,30,36)(H2,29,31,37). The number of carbonyl (C=O) groups excluding carboxylic acids is 2. The Bertz CT molecular complexity index is 1640. The second kappa shape index (κ2) is 10.9. The number of methoxy groups -OCH3 is 1. The van der Waals surface area contributed by atoms with E-state index in [1.807, 2.05) is 31.2 Å². The van der Waals surface area contributed by atoms with Crippen LogP contribution in [0.5, 0.6) is 17.4 Å². The molecule has 3 amide bonds. The lowest BCUT2D eigenvalue weighted by Crippen LogP contribution is -2.21. The first-order valence-corrected chi connectivity index (χ1v) is 11.7. The average Bonchev–Trinajstić information content (AvgIpc) is 3.54. The number of nitrogens with zero attached hydrogens (tertiary/aromatic N) is 4. The highest BCUT2D eigenvalue weighted by atomic mass is 16.5. The van der Waals surface area contributed by atoms with Crippen LogP contribution in [0, 0.1) is 6.92 Å². The average molecular weight is 529 g/mol. The quantitative estimate of drug-likeness (QED) is 0.200. The summed E-state index contributed by atoms with van der Waals surface area (Å²) in [7, 11) is 1.43. The summed E-state index contributed by atoms with van der Waals surface area (Å²) in [5.74, 6) is 0.908. The summed E-state index contributed by atoms with van der Waals surface area (Å²) in [5, 5.41) is 29.7. The van der Waals surface area contributed by atoms with Crippen molar-refractivity contribution in [3.63, 3.8) is 0 Å². The number of carbonyl (C=O) groups is 2. The maximum Gasteiger partial charge on any atom is 0.324 e. The molecule has 13 heteroatoms. The van der Waals surface area contributed by atoms with Crippen molar-refractivity contribution in [3.8, 4) is 23.1 Å². The highest BCUT2D eigenvalue weighted by molar-refractivity contribution is 6.06. The molecule has 5 rings (SSSR count). The number of aromatic hydroxyl groups is 1. The van der Waals surface area contributed by atoms with Crippen molar-refractivity contribution in [2.45, 2.75) is 6.92 Å². The summed E-state index contributed by atoms with van der Waals surface area (Å²) in [5.41, 5.74) is 2.71. The Kier molecular flexibility index (Phi) is 7.05. The number of aromatic nitrogens is 5. The van der Waals surface area contributed by atoms with Crippen LogP contribution in [-0.4, -0.2) is 55.7 Å². The molecule has 0 bridgehead atoms. The van der Waals surface area contributed by atoms with Crippen LogP contribution in [0.1, 0.15) is 5.56 Å². The first-order chi connectivity index (χ1) is 18.9. The van der Waals surface area contributed by atoms with E-state index in [4.69, 9.17) is 9.47 Å². The predicted octanol–water partition coefficient (Wildman–Crippen LogP) is 4.18. The molecule has 0 aliphatic heterocycles. The molecule has 0 aliphatic rings. The Morgan fingerprint density at radius 3 is 2.67 bits per heavy atom. The van der Waals surface area contributed by atoms with Gasteiger partial charge in [-0.2, -0.15) is 5.10 Å². The number of hydrogen-bond acceptors (Lipinski definition) is 8. The Hall–Kier alpha value is -5.43. The Morgan fingerprint density at radius 2 is 1.87 bits per heavy atom. The van der Waals surface area contributed by atoms with Crippen molar-refractivity contribution in [3.05, 3.63) is 72.6 Å². The molecule has 198 valence electrons. The summed E-state index contributed by atoms with van der Waals surface area (Å²) < 4.78 is 12.3. The summed E-state index contributed by atoms with van der Waals surface area (Å²) in [6.07, 6.45) is 3.07. The van der Waals surface area contributed by atoms with Crippen LogP contribution >= 0.6 is 0 Å². The van der Waals surface area contributed by atoms with Gasteiger partial charge in [-0.1, -0.05) is 17.7 Å². The first-order valence-electron chi connectivity index (χ1n) is 11.7. The monoisotopic (exact) mass is 528 g/mol. The lowest BCUT2D eigenvalue weighted by Gasteiger charge is -2.12. The van der Waals surface area contributed by atoms with Crippen LogP contribution < -0.4 is 20.7 Å². The van der Waals surface area contributed by atoms with Crippen molar-refractivity contribution in [2.75, 3.05) is 29.7 Å². The van der Waals surface area contributed by atoms with Crippen LogP contribution in [0.3, 0.4) is 0 Å². The van der Waals surface area contributed by atoms with E-state index in [0.29, 0.717) is 39.6 Å². The van der Waals surface area contributed by atoms with E-state index in [1.165, 1.54) is 24.1 Å². The number of H-pyrrole nitrogens is 1. The van der Waals surface area contributed by atoms with Gasteiger partial charge < -0.3 is 25.2 Å². The van der Waals surface area contributed by atoms with Gasteiger partial charge in [-0.25, -0.2) is 14.5 Å². The maximum atomic E-state index is 12.9. The second-order valence-electron chi connectivity index (χ2n) is 8.44. The Labute approximate surface area is 221 Å². The number of nitrogens with one attached hydrogen (secondary N) is 4. The van der Waals surface area contributed by atoms with E-state index in [1.54, 1.807) is 30.5 Å². The number of amides is 3. The number of pyridine rings is 1. The molecule has 0 unspecified atom stereocenters. The van der Waals surface area contributed by atoms with Crippen molar-refractivity contribution in [1.29, 1.82) is 0 Å². The molecule has 0 aliphatic carbocycles. The molecule has 13 nitrogen and oxygen atoms in total. The van der Waals surface area contributed by atoms with Crippen LogP contribution in [0.25, 0.3) is 16.6 Å². The highest BCUT2D eigenvalue weighted by Crippen LogP contribution is 2.34. The van der Waals surface area contributed by atoms with Crippen LogP contribution in [-0.2, 0) is 9.53 Å². The van der Waals surface area contributed by atoms with E-state index >= 15 is 0 Å². The van der Waals surface area contributed by atoms with Gasteiger partial charge in [0.1, 0.15) is 29.7 Å². The number of hydrogen-bond donors (Lipinski definition) is 5. The fraction of sp³-hybridized carbons (Fsp3) is 0.115. The lowest BCUT2D eigenvalue weighted by molar-refractivity contribution is -0.119. The molecule has 2 aromatic carbocycles. The number of anilines is 3. The highest BCUT2D eigenvalue weighted by Gasteiger charge is 2.16. The molecule has 0 radical (unpaired) electrons. The fourth-order valence-electron chi connectivity index (χ4n) is 3.79. The number of aryl methyl sites for hydroxylation is 1. The molecule has 3 aromatic heterocycles.